The molecule has 0 saturated carbocycles. The van der Waals surface area contributed by atoms with Gasteiger partial charge < -0.3 is 20.4 Å². The van der Waals surface area contributed by atoms with Crippen LogP contribution in [0.3, 0.4) is 0 Å². The zero-order valence-electron chi connectivity index (χ0n) is 13.2. The van der Waals surface area contributed by atoms with E-state index in [1.54, 1.807) is 35.2 Å². The van der Waals surface area contributed by atoms with E-state index < -0.39 is 0 Å². The van der Waals surface area contributed by atoms with Crippen LogP contribution in [-0.2, 0) is 6.54 Å². The summed E-state index contributed by atoms with van der Waals surface area (Å²) in [5.41, 5.74) is 0.729. The topological polar surface area (TPSA) is 101 Å². The van der Waals surface area contributed by atoms with Gasteiger partial charge in [-0.15, -0.1) is 0 Å². The SMILES string of the molecule is O=C(c1ccccc1)c1ccc(O)c(CN(CCO)CCO)c1O. The van der Waals surface area contributed by atoms with Gasteiger partial charge in [0.2, 0.25) is 0 Å². The molecule has 0 spiro atoms. The van der Waals surface area contributed by atoms with E-state index in [1.807, 2.05) is 0 Å². The molecule has 24 heavy (non-hydrogen) atoms. The Hall–Kier alpha value is -2.41. The first-order valence-electron chi connectivity index (χ1n) is 7.66. The van der Waals surface area contributed by atoms with Crippen LogP contribution in [0.1, 0.15) is 21.5 Å². The number of aromatic hydroxyl groups is 2. The van der Waals surface area contributed by atoms with Gasteiger partial charge in [-0.05, 0) is 12.1 Å². The van der Waals surface area contributed by atoms with Crippen LogP contribution in [0.2, 0.25) is 0 Å². The van der Waals surface area contributed by atoms with Gasteiger partial charge in [-0.1, -0.05) is 30.3 Å². The molecule has 0 bridgehead atoms. The maximum absolute atomic E-state index is 12.5. The second kappa shape index (κ2) is 8.44. The van der Waals surface area contributed by atoms with Crippen LogP contribution in [0, 0.1) is 0 Å². The summed E-state index contributed by atoms with van der Waals surface area (Å²) in [4.78, 5) is 14.2. The summed E-state index contributed by atoms with van der Waals surface area (Å²) in [5.74, 6) is -0.770. The fourth-order valence-electron chi connectivity index (χ4n) is 2.49. The minimum Gasteiger partial charge on any atom is -0.507 e. The predicted octanol–water partition coefficient (Wildman–Crippen LogP) is 1.12. The summed E-state index contributed by atoms with van der Waals surface area (Å²) in [6.45, 7) is 0.412. The Labute approximate surface area is 140 Å². The average Bonchev–Trinajstić information content (AvgIpc) is 2.59. The Morgan fingerprint density at radius 2 is 1.54 bits per heavy atom. The Bertz CT molecular complexity index is 681. The van der Waals surface area contributed by atoms with Crippen molar-refractivity contribution in [1.82, 2.24) is 4.90 Å². The van der Waals surface area contributed by atoms with Crippen molar-refractivity contribution < 1.29 is 25.2 Å². The van der Waals surface area contributed by atoms with Gasteiger partial charge in [0.1, 0.15) is 11.5 Å². The largest absolute Gasteiger partial charge is 0.507 e. The van der Waals surface area contributed by atoms with E-state index in [4.69, 9.17) is 10.2 Å². The minimum atomic E-state index is -0.342. The van der Waals surface area contributed by atoms with E-state index in [0.717, 1.165) is 0 Å². The lowest BCUT2D eigenvalue weighted by Gasteiger charge is -2.22. The van der Waals surface area contributed by atoms with Gasteiger partial charge >= 0.3 is 0 Å². The highest BCUT2D eigenvalue weighted by Crippen LogP contribution is 2.33. The summed E-state index contributed by atoms with van der Waals surface area (Å²) >= 11 is 0. The van der Waals surface area contributed by atoms with Crippen molar-refractivity contribution in [3.05, 3.63) is 59.2 Å². The fraction of sp³-hybridized carbons (Fsp3) is 0.278. The summed E-state index contributed by atoms with van der Waals surface area (Å²) < 4.78 is 0. The van der Waals surface area contributed by atoms with Crippen LogP contribution in [-0.4, -0.2) is 57.4 Å². The number of hydrogen-bond acceptors (Lipinski definition) is 6. The second-order valence-electron chi connectivity index (χ2n) is 5.38. The fourth-order valence-corrected chi connectivity index (χ4v) is 2.49. The van der Waals surface area contributed by atoms with Crippen LogP contribution in [0.25, 0.3) is 0 Å². The molecular formula is C18H21NO5. The van der Waals surface area contributed by atoms with E-state index in [0.29, 0.717) is 5.56 Å². The molecule has 0 saturated heterocycles. The molecule has 0 fully saturated rings. The summed E-state index contributed by atoms with van der Waals surface area (Å²) in [5, 5.41) is 38.6. The number of phenolic OH excluding ortho intramolecular Hbond substituents is 2. The van der Waals surface area contributed by atoms with Crippen LogP contribution in [0.15, 0.2) is 42.5 Å². The van der Waals surface area contributed by atoms with Crippen LogP contribution < -0.4 is 0 Å². The van der Waals surface area contributed by atoms with Crippen molar-refractivity contribution in [2.24, 2.45) is 0 Å². The first-order valence-corrected chi connectivity index (χ1v) is 7.66. The Balaban J connectivity index is 2.34. The minimum absolute atomic E-state index is 0.0990. The molecule has 0 radical (unpaired) electrons. The number of nitrogens with zero attached hydrogens (tertiary/aromatic N) is 1. The van der Waals surface area contributed by atoms with Gasteiger partial charge in [-0.3, -0.25) is 9.69 Å². The molecule has 0 atom stereocenters. The maximum Gasteiger partial charge on any atom is 0.196 e. The standard InChI is InChI=1S/C18H21NO5/c20-10-8-19(9-11-21)12-15-16(22)7-6-14(18(15)24)17(23)13-4-2-1-3-5-13/h1-7,20-22,24H,8-12H2. The highest BCUT2D eigenvalue weighted by Gasteiger charge is 2.20. The highest BCUT2D eigenvalue weighted by molar-refractivity contribution is 6.11. The zero-order valence-corrected chi connectivity index (χ0v) is 13.2. The monoisotopic (exact) mass is 331 g/mol. The van der Waals surface area contributed by atoms with Gasteiger partial charge in [0, 0.05) is 25.2 Å². The second-order valence-corrected chi connectivity index (χ2v) is 5.38. The smallest absolute Gasteiger partial charge is 0.196 e. The number of rotatable bonds is 8. The number of aliphatic hydroxyl groups is 2. The number of phenols is 2. The third-order valence-electron chi connectivity index (χ3n) is 3.75. The Kier molecular flexibility index (Phi) is 6.31. The number of carbonyl (C=O) groups is 1. The third-order valence-corrected chi connectivity index (χ3v) is 3.75. The Morgan fingerprint density at radius 1 is 0.917 bits per heavy atom. The number of aliphatic hydroxyl groups excluding tert-OH is 2. The molecule has 0 aromatic heterocycles. The molecule has 2 aromatic rings. The molecule has 6 nitrogen and oxygen atoms in total. The lowest BCUT2D eigenvalue weighted by Crippen LogP contribution is -2.29. The van der Waals surface area contributed by atoms with Gasteiger partial charge in [0.25, 0.3) is 0 Å². The van der Waals surface area contributed by atoms with Gasteiger partial charge in [0.15, 0.2) is 5.78 Å². The molecule has 0 aliphatic heterocycles. The van der Waals surface area contributed by atoms with Crippen molar-refractivity contribution in [2.45, 2.75) is 6.54 Å². The molecule has 2 aromatic carbocycles. The quantitative estimate of drug-likeness (QED) is 0.541. The number of carbonyl (C=O) groups excluding carboxylic acids is 1. The molecule has 0 aliphatic carbocycles. The molecule has 0 amide bonds. The highest BCUT2D eigenvalue weighted by atomic mass is 16.3. The molecule has 0 heterocycles. The molecular weight excluding hydrogens is 310 g/mol. The van der Waals surface area contributed by atoms with Crippen molar-refractivity contribution in [3.8, 4) is 11.5 Å². The first-order chi connectivity index (χ1) is 11.6. The van der Waals surface area contributed by atoms with E-state index in [2.05, 4.69) is 0 Å². The average molecular weight is 331 g/mol. The first kappa shape index (κ1) is 17.9. The summed E-state index contributed by atoms with van der Waals surface area (Å²) in [6.07, 6.45) is 0. The van der Waals surface area contributed by atoms with E-state index in [9.17, 15) is 15.0 Å². The molecule has 128 valence electrons. The van der Waals surface area contributed by atoms with Crippen LogP contribution >= 0.6 is 0 Å². The van der Waals surface area contributed by atoms with Gasteiger partial charge in [0.05, 0.1) is 24.3 Å². The van der Waals surface area contributed by atoms with E-state index in [-0.39, 0.29) is 61.3 Å². The van der Waals surface area contributed by atoms with Gasteiger partial charge in [-0.25, -0.2) is 0 Å². The van der Waals surface area contributed by atoms with Crippen LogP contribution in [0.5, 0.6) is 11.5 Å². The number of hydrogen-bond donors (Lipinski definition) is 4. The van der Waals surface area contributed by atoms with Crippen molar-refractivity contribution >= 4 is 5.78 Å². The van der Waals surface area contributed by atoms with E-state index >= 15 is 0 Å². The summed E-state index contributed by atoms with van der Waals surface area (Å²) in [7, 11) is 0. The lowest BCUT2D eigenvalue weighted by molar-refractivity contribution is 0.103. The van der Waals surface area contributed by atoms with Crippen LogP contribution in [0.4, 0.5) is 0 Å². The third kappa shape index (κ3) is 4.11. The molecule has 4 N–H and O–H groups in total. The Morgan fingerprint density at radius 3 is 2.12 bits per heavy atom. The number of benzene rings is 2. The lowest BCUT2D eigenvalue weighted by atomic mass is 9.99. The molecule has 0 aliphatic rings. The maximum atomic E-state index is 12.5. The zero-order chi connectivity index (χ0) is 17.5. The van der Waals surface area contributed by atoms with Gasteiger partial charge in [-0.2, -0.15) is 0 Å². The predicted molar refractivity (Wildman–Crippen MR) is 89.1 cm³/mol. The molecule has 6 heteroatoms. The number of ketones is 1. The van der Waals surface area contributed by atoms with Crippen molar-refractivity contribution in [3.63, 3.8) is 0 Å². The van der Waals surface area contributed by atoms with E-state index in [1.165, 1.54) is 12.1 Å². The van der Waals surface area contributed by atoms with Crippen molar-refractivity contribution in [2.75, 3.05) is 26.3 Å². The molecule has 2 rings (SSSR count). The summed E-state index contributed by atoms with van der Waals surface area (Å²) in [6, 6.07) is 11.3. The normalized spacial score (nSPS) is 11.0. The van der Waals surface area contributed by atoms with Crippen molar-refractivity contribution in [1.29, 1.82) is 0 Å². The molecule has 0 unspecified atom stereocenters.